The zero-order valence-corrected chi connectivity index (χ0v) is 15.1. The fraction of sp³-hybridized carbons (Fsp3) is 0.714. The van der Waals surface area contributed by atoms with Gasteiger partial charge in [-0.3, -0.25) is 9.59 Å². The Morgan fingerprint density at radius 3 is 2.62 bits per heavy atom. The van der Waals surface area contributed by atoms with Gasteiger partial charge in [-0.2, -0.15) is 0 Å². The first-order valence-electron chi connectivity index (χ1n) is 9.52. The topological polar surface area (TPSA) is 60.2 Å². The molecule has 4 rings (SSSR count). The van der Waals surface area contributed by atoms with Crippen LogP contribution < -0.4 is 5.73 Å². The van der Waals surface area contributed by atoms with Crippen molar-refractivity contribution < 1.29 is 9.59 Å². The molecule has 3 nitrogen and oxygen atoms in total. The molecule has 2 N–H and O–H groups in total. The van der Waals surface area contributed by atoms with E-state index in [1.165, 1.54) is 12.0 Å². The van der Waals surface area contributed by atoms with Crippen molar-refractivity contribution in [2.75, 3.05) is 0 Å². The quantitative estimate of drug-likeness (QED) is 0.797. The molecule has 0 amide bonds. The maximum atomic E-state index is 12.2. The van der Waals surface area contributed by atoms with Gasteiger partial charge in [-0.05, 0) is 80.3 Å². The van der Waals surface area contributed by atoms with Crippen molar-refractivity contribution in [1.29, 1.82) is 0 Å². The lowest BCUT2D eigenvalue weighted by molar-refractivity contribution is -0.127. The fourth-order valence-corrected chi connectivity index (χ4v) is 7.04. The molecule has 0 radical (unpaired) electrons. The van der Waals surface area contributed by atoms with Gasteiger partial charge in [0.15, 0.2) is 0 Å². The van der Waals surface area contributed by atoms with E-state index in [1.54, 1.807) is 13.0 Å². The van der Waals surface area contributed by atoms with E-state index in [9.17, 15) is 9.59 Å². The molecule has 3 heteroatoms. The Hall–Kier alpha value is -1.38. The highest BCUT2D eigenvalue weighted by Crippen LogP contribution is 2.66. The second-order valence-corrected chi connectivity index (χ2v) is 9.07. The van der Waals surface area contributed by atoms with Gasteiger partial charge in [0.25, 0.3) is 0 Å². The van der Waals surface area contributed by atoms with Gasteiger partial charge in [-0.1, -0.05) is 19.9 Å². The number of carbonyl (C=O) groups is 2. The Morgan fingerprint density at radius 1 is 1.17 bits per heavy atom. The number of hydrogen-bond donors (Lipinski definition) is 1. The van der Waals surface area contributed by atoms with Gasteiger partial charge < -0.3 is 5.73 Å². The third-order valence-corrected chi connectivity index (χ3v) is 8.25. The molecule has 0 aliphatic heterocycles. The third-order valence-electron chi connectivity index (χ3n) is 8.25. The molecule has 3 fully saturated rings. The Balaban J connectivity index is 1.71. The van der Waals surface area contributed by atoms with Gasteiger partial charge in [0.2, 0.25) is 5.78 Å². The van der Waals surface area contributed by atoms with E-state index < -0.39 is 0 Å². The Morgan fingerprint density at radius 2 is 1.92 bits per heavy atom. The molecule has 3 saturated carbocycles. The summed E-state index contributed by atoms with van der Waals surface area (Å²) in [4.78, 5) is 24.2. The summed E-state index contributed by atoms with van der Waals surface area (Å²) >= 11 is 0. The molecule has 0 spiro atoms. The summed E-state index contributed by atoms with van der Waals surface area (Å²) in [5.74, 6) is 2.49. The molecule has 0 unspecified atom stereocenters. The number of carbonyl (C=O) groups excluding carboxylic acids is 2. The van der Waals surface area contributed by atoms with Crippen LogP contribution in [-0.2, 0) is 9.59 Å². The van der Waals surface area contributed by atoms with Crippen LogP contribution in [0.25, 0.3) is 0 Å². The molecule has 0 heterocycles. The van der Waals surface area contributed by atoms with Crippen LogP contribution >= 0.6 is 0 Å². The van der Waals surface area contributed by atoms with Crippen LogP contribution in [0.2, 0.25) is 0 Å². The maximum Gasteiger partial charge on any atom is 0.201 e. The van der Waals surface area contributed by atoms with Crippen molar-refractivity contribution in [3.8, 4) is 0 Å². The molecule has 0 aromatic rings. The van der Waals surface area contributed by atoms with E-state index >= 15 is 0 Å². The standard InChI is InChI=1S/C21H29NO2/c1-12(23)14-6-7-15-13-4-5-17-19(22)18(24)9-11-21(17,3)16(13)8-10-20(14,15)2/h9,11,13-16H,4-8,10,22H2,1-3H3/t13-,14+,15-,16-,20+,21+/m0/s1. The molecule has 4 aliphatic rings. The van der Waals surface area contributed by atoms with E-state index in [2.05, 4.69) is 19.9 Å². The first-order chi connectivity index (χ1) is 11.3. The number of nitrogens with two attached hydrogens (primary N) is 1. The molecule has 0 bridgehead atoms. The second kappa shape index (κ2) is 5.06. The largest absolute Gasteiger partial charge is 0.396 e. The minimum Gasteiger partial charge on any atom is -0.396 e. The molecule has 4 aliphatic carbocycles. The van der Waals surface area contributed by atoms with Gasteiger partial charge in [0.1, 0.15) is 5.78 Å². The van der Waals surface area contributed by atoms with E-state index in [4.69, 9.17) is 5.73 Å². The van der Waals surface area contributed by atoms with Crippen molar-refractivity contribution in [3.05, 3.63) is 23.4 Å². The smallest absolute Gasteiger partial charge is 0.201 e. The van der Waals surface area contributed by atoms with Crippen molar-refractivity contribution in [3.63, 3.8) is 0 Å². The van der Waals surface area contributed by atoms with Crippen LogP contribution in [0.3, 0.4) is 0 Å². The van der Waals surface area contributed by atoms with E-state index in [1.807, 2.05) is 0 Å². The van der Waals surface area contributed by atoms with Gasteiger partial charge in [0, 0.05) is 11.3 Å². The Bertz CT molecular complexity index is 675. The number of ketones is 2. The van der Waals surface area contributed by atoms with Crippen molar-refractivity contribution in [2.24, 2.45) is 40.2 Å². The maximum absolute atomic E-state index is 12.2. The predicted molar refractivity (Wildman–Crippen MR) is 93.9 cm³/mol. The molecular formula is C21H29NO2. The van der Waals surface area contributed by atoms with Gasteiger partial charge in [-0.25, -0.2) is 0 Å². The van der Waals surface area contributed by atoms with Crippen LogP contribution in [0, 0.1) is 34.5 Å². The molecule has 130 valence electrons. The predicted octanol–water partition coefficient (Wildman–Crippen LogP) is 3.79. The van der Waals surface area contributed by atoms with Gasteiger partial charge >= 0.3 is 0 Å². The van der Waals surface area contributed by atoms with Crippen LogP contribution in [0.1, 0.15) is 59.3 Å². The van der Waals surface area contributed by atoms with Gasteiger partial charge in [-0.15, -0.1) is 0 Å². The van der Waals surface area contributed by atoms with Crippen LogP contribution in [-0.4, -0.2) is 11.6 Å². The summed E-state index contributed by atoms with van der Waals surface area (Å²) in [6.45, 7) is 6.44. The lowest BCUT2D eigenvalue weighted by Crippen LogP contribution is -2.50. The lowest BCUT2D eigenvalue weighted by Gasteiger charge is -2.57. The summed E-state index contributed by atoms with van der Waals surface area (Å²) < 4.78 is 0. The summed E-state index contributed by atoms with van der Waals surface area (Å²) in [5, 5.41) is 0. The lowest BCUT2D eigenvalue weighted by atomic mass is 9.47. The summed E-state index contributed by atoms with van der Waals surface area (Å²) in [6, 6.07) is 0. The minimum absolute atomic E-state index is 0.0147. The van der Waals surface area contributed by atoms with Crippen molar-refractivity contribution in [1.82, 2.24) is 0 Å². The van der Waals surface area contributed by atoms with Crippen LogP contribution in [0.4, 0.5) is 0 Å². The van der Waals surface area contributed by atoms with E-state index in [0.29, 0.717) is 29.2 Å². The average molecular weight is 327 g/mol. The number of rotatable bonds is 1. The first kappa shape index (κ1) is 16.1. The first-order valence-corrected chi connectivity index (χ1v) is 9.52. The zero-order chi connectivity index (χ0) is 17.3. The number of Topliss-reactive ketones (excluding diaryl/α,β-unsaturated/α-hetero) is 1. The van der Waals surface area contributed by atoms with E-state index in [0.717, 1.165) is 32.1 Å². The third kappa shape index (κ3) is 1.90. The number of fused-ring (bicyclic) bond motifs is 5. The van der Waals surface area contributed by atoms with Crippen LogP contribution in [0.15, 0.2) is 23.4 Å². The minimum atomic E-state index is -0.0590. The zero-order valence-electron chi connectivity index (χ0n) is 15.1. The second-order valence-electron chi connectivity index (χ2n) is 9.07. The Labute approximate surface area is 144 Å². The SMILES string of the molecule is CC(=O)[C@H]1CC[C@H]2[C@@H]3CCC4=C(N)C(=O)C=C[C@]4(C)[C@H]3CC[C@]12C. The number of hydrogen-bond acceptors (Lipinski definition) is 3. The normalized spacial score (nSPS) is 47.2. The molecule has 0 aromatic carbocycles. The highest BCUT2D eigenvalue weighted by Gasteiger charge is 2.59. The van der Waals surface area contributed by atoms with Crippen LogP contribution in [0.5, 0.6) is 0 Å². The molecule has 24 heavy (non-hydrogen) atoms. The Kier molecular flexibility index (Phi) is 3.40. The van der Waals surface area contributed by atoms with Gasteiger partial charge in [0.05, 0.1) is 5.70 Å². The highest BCUT2D eigenvalue weighted by molar-refractivity contribution is 6.05. The van der Waals surface area contributed by atoms with Crippen molar-refractivity contribution >= 4 is 11.6 Å². The molecule has 0 saturated heterocycles. The fourth-order valence-electron chi connectivity index (χ4n) is 7.04. The highest BCUT2D eigenvalue weighted by atomic mass is 16.1. The number of allylic oxidation sites excluding steroid dienone is 3. The molecular weight excluding hydrogens is 298 g/mol. The molecule has 6 atom stereocenters. The monoisotopic (exact) mass is 327 g/mol. The van der Waals surface area contributed by atoms with E-state index in [-0.39, 0.29) is 22.5 Å². The summed E-state index contributed by atoms with van der Waals surface area (Å²) in [5.41, 5.74) is 7.98. The summed E-state index contributed by atoms with van der Waals surface area (Å²) in [7, 11) is 0. The summed E-state index contributed by atoms with van der Waals surface area (Å²) in [6.07, 6.45) is 10.4. The average Bonchev–Trinajstić information content (AvgIpc) is 2.89. The molecule has 0 aromatic heterocycles. The van der Waals surface area contributed by atoms with Crippen molar-refractivity contribution in [2.45, 2.75) is 59.3 Å².